The summed E-state index contributed by atoms with van der Waals surface area (Å²) in [5, 5.41) is 1.18. The third kappa shape index (κ3) is 3.20. The molecule has 1 saturated carbocycles. The van der Waals surface area contributed by atoms with Crippen molar-refractivity contribution in [3.63, 3.8) is 0 Å². The van der Waals surface area contributed by atoms with Crippen molar-refractivity contribution in [2.45, 2.75) is 64.3 Å². The Hall–Kier alpha value is -0.940. The normalized spacial score (nSPS) is 24.7. The fraction of sp³-hybridized carbons (Fsp3) is 0.765. The van der Waals surface area contributed by atoms with Crippen LogP contribution in [0.3, 0.4) is 0 Å². The van der Waals surface area contributed by atoms with Crippen LogP contribution in [-0.2, 0) is 0 Å². The molecule has 22 heavy (non-hydrogen) atoms. The minimum Gasteiger partial charge on any atom is -0.338 e. The summed E-state index contributed by atoms with van der Waals surface area (Å²) in [4.78, 5) is 20.4. The number of carbonyl (C=O) groups excluding carboxylic acids is 1. The van der Waals surface area contributed by atoms with Crippen LogP contribution in [0.1, 0.15) is 71.7 Å². The number of hydrogen-bond donors (Lipinski definition) is 1. The van der Waals surface area contributed by atoms with Crippen molar-refractivity contribution >= 4 is 17.2 Å². The Bertz CT molecular complexity index is 534. The van der Waals surface area contributed by atoms with Crippen LogP contribution in [0.5, 0.6) is 0 Å². The topological polar surface area (TPSA) is 59.2 Å². The molecule has 2 N–H and O–H groups in total. The van der Waals surface area contributed by atoms with Gasteiger partial charge >= 0.3 is 0 Å². The van der Waals surface area contributed by atoms with Crippen LogP contribution < -0.4 is 5.73 Å². The highest BCUT2D eigenvalue weighted by molar-refractivity contribution is 7.13. The van der Waals surface area contributed by atoms with Gasteiger partial charge in [0.2, 0.25) is 0 Å². The highest BCUT2D eigenvalue weighted by Gasteiger charge is 2.30. The molecule has 0 spiro atoms. The van der Waals surface area contributed by atoms with Gasteiger partial charge < -0.3 is 10.6 Å². The fourth-order valence-electron chi connectivity index (χ4n) is 3.73. The molecule has 5 heteroatoms. The monoisotopic (exact) mass is 321 g/mol. The molecule has 2 unspecified atom stereocenters. The molecule has 1 saturated heterocycles. The lowest BCUT2D eigenvalue weighted by molar-refractivity contribution is 0.0665. The maximum atomic E-state index is 12.9. The summed E-state index contributed by atoms with van der Waals surface area (Å²) in [7, 11) is 0. The molecule has 1 aromatic rings. The summed E-state index contributed by atoms with van der Waals surface area (Å²) in [5.41, 5.74) is 6.95. The Balaban J connectivity index is 1.74. The third-order valence-corrected chi connectivity index (χ3v) is 6.51. The quantitative estimate of drug-likeness (QED) is 0.929. The van der Waals surface area contributed by atoms with E-state index in [1.165, 1.54) is 30.7 Å². The molecule has 4 nitrogen and oxygen atoms in total. The average molecular weight is 321 g/mol. The lowest BCUT2D eigenvalue weighted by atomic mass is 9.92. The standard InChI is InChI=1S/C17H27N3OS/c1-11(18)14-8-5-9-20(10-14)17(21)15-12(2)19-16(22-15)13-6-3-4-7-13/h11,13-14H,3-10,18H2,1-2H3. The van der Waals surface area contributed by atoms with Gasteiger partial charge in [-0.25, -0.2) is 4.98 Å². The lowest BCUT2D eigenvalue weighted by Crippen LogP contribution is -2.45. The Labute approximate surface area is 137 Å². The summed E-state index contributed by atoms with van der Waals surface area (Å²) in [6.45, 7) is 5.69. The van der Waals surface area contributed by atoms with Crippen LogP contribution in [0.15, 0.2) is 0 Å². The van der Waals surface area contributed by atoms with Crippen molar-refractivity contribution in [2.75, 3.05) is 13.1 Å². The van der Waals surface area contributed by atoms with E-state index >= 15 is 0 Å². The minimum atomic E-state index is 0.159. The van der Waals surface area contributed by atoms with Crippen molar-refractivity contribution in [2.24, 2.45) is 11.7 Å². The fourth-order valence-corrected chi connectivity index (χ4v) is 4.93. The molecule has 1 amide bonds. The molecule has 2 aliphatic rings. The zero-order valence-electron chi connectivity index (χ0n) is 13.7. The van der Waals surface area contributed by atoms with Crippen LogP contribution in [0.2, 0.25) is 0 Å². The summed E-state index contributed by atoms with van der Waals surface area (Å²) in [5.74, 6) is 1.19. The molecule has 2 heterocycles. The molecular weight excluding hydrogens is 294 g/mol. The maximum absolute atomic E-state index is 12.9. The first-order valence-electron chi connectivity index (χ1n) is 8.58. The number of rotatable bonds is 3. The molecule has 2 atom stereocenters. The molecule has 0 aromatic carbocycles. The number of aromatic nitrogens is 1. The summed E-state index contributed by atoms with van der Waals surface area (Å²) < 4.78 is 0. The van der Waals surface area contributed by atoms with Gasteiger partial charge in [-0.2, -0.15) is 0 Å². The summed E-state index contributed by atoms with van der Waals surface area (Å²) in [6, 6.07) is 0.159. The van der Waals surface area contributed by atoms with Crippen molar-refractivity contribution in [3.8, 4) is 0 Å². The molecule has 1 aliphatic heterocycles. The van der Waals surface area contributed by atoms with Crippen molar-refractivity contribution in [1.82, 2.24) is 9.88 Å². The van der Waals surface area contributed by atoms with Crippen molar-refractivity contribution in [1.29, 1.82) is 0 Å². The van der Waals surface area contributed by atoms with Gasteiger partial charge in [-0.1, -0.05) is 12.8 Å². The van der Waals surface area contributed by atoms with E-state index in [1.807, 2.05) is 11.8 Å². The van der Waals surface area contributed by atoms with Crippen LogP contribution >= 0.6 is 11.3 Å². The second kappa shape index (κ2) is 6.67. The highest BCUT2D eigenvalue weighted by atomic mass is 32.1. The number of thiazole rings is 1. The van der Waals surface area contributed by atoms with E-state index in [0.717, 1.165) is 36.5 Å². The molecule has 0 bridgehead atoms. The molecular formula is C17H27N3OS. The van der Waals surface area contributed by atoms with Crippen molar-refractivity contribution < 1.29 is 4.79 Å². The van der Waals surface area contributed by atoms with E-state index in [2.05, 4.69) is 6.92 Å². The molecule has 122 valence electrons. The van der Waals surface area contributed by atoms with Crippen LogP contribution in [0.25, 0.3) is 0 Å². The van der Waals surface area contributed by atoms with E-state index in [1.54, 1.807) is 11.3 Å². The van der Waals surface area contributed by atoms with Gasteiger partial charge in [-0.15, -0.1) is 11.3 Å². The lowest BCUT2D eigenvalue weighted by Gasteiger charge is -2.34. The van der Waals surface area contributed by atoms with Crippen LogP contribution in [0.4, 0.5) is 0 Å². The van der Waals surface area contributed by atoms with Gasteiger partial charge in [0, 0.05) is 25.0 Å². The second-order valence-electron chi connectivity index (χ2n) is 6.96. The smallest absolute Gasteiger partial charge is 0.265 e. The number of piperidine rings is 1. The zero-order valence-corrected chi connectivity index (χ0v) is 14.5. The molecule has 2 fully saturated rings. The van der Waals surface area contributed by atoms with E-state index in [9.17, 15) is 4.79 Å². The van der Waals surface area contributed by atoms with E-state index < -0.39 is 0 Å². The predicted molar refractivity (Wildman–Crippen MR) is 90.3 cm³/mol. The highest BCUT2D eigenvalue weighted by Crippen LogP contribution is 2.37. The SMILES string of the molecule is Cc1nc(C2CCCC2)sc1C(=O)N1CCCC(C(C)N)C1. The Kier molecular flexibility index (Phi) is 4.83. The van der Waals surface area contributed by atoms with Gasteiger partial charge in [-0.3, -0.25) is 4.79 Å². The molecule has 3 rings (SSSR count). The number of amides is 1. The Morgan fingerprint density at radius 2 is 2.05 bits per heavy atom. The summed E-state index contributed by atoms with van der Waals surface area (Å²) >= 11 is 1.63. The Morgan fingerprint density at radius 3 is 2.73 bits per heavy atom. The molecule has 1 aliphatic carbocycles. The number of likely N-dealkylation sites (tertiary alicyclic amines) is 1. The first kappa shape index (κ1) is 15.9. The minimum absolute atomic E-state index is 0.159. The first-order valence-corrected chi connectivity index (χ1v) is 9.40. The molecule has 0 radical (unpaired) electrons. The third-order valence-electron chi connectivity index (χ3n) is 5.20. The van der Waals surface area contributed by atoms with Crippen LogP contribution in [0, 0.1) is 12.8 Å². The van der Waals surface area contributed by atoms with Gasteiger partial charge in [0.25, 0.3) is 5.91 Å². The van der Waals surface area contributed by atoms with Gasteiger partial charge in [0.15, 0.2) is 0 Å². The predicted octanol–water partition coefficient (Wildman–Crippen LogP) is 3.31. The van der Waals surface area contributed by atoms with Gasteiger partial charge in [0.1, 0.15) is 4.88 Å². The van der Waals surface area contributed by atoms with Gasteiger partial charge in [-0.05, 0) is 45.4 Å². The average Bonchev–Trinajstić information content (AvgIpc) is 3.16. The first-order chi connectivity index (χ1) is 10.6. The van der Waals surface area contributed by atoms with Gasteiger partial charge in [0.05, 0.1) is 10.7 Å². The number of nitrogens with zero attached hydrogens (tertiary/aromatic N) is 2. The van der Waals surface area contributed by atoms with Crippen LogP contribution in [-0.4, -0.2) is 34.9 Å². The van der Waals surface area contributed by atoms with E-state index in [4.69, 9.17) is 10.7 Å². The number of aryl methyl sites for hydroxylation is 1. The zero-order chi connectivity index (χ0) is 15.7. The number of hydrogen-bond acceptors (Lipinski definition) is 4. The van der Waals surface area contributed by atoms with E-state index in [-0.39, 0.29) is 11.9 Å². The number of nitrogens with two attached hydrogens (primary N) is 1. The van der Waals surface area contributed by atoms with Crippen molar-refractivity contribution in [3.05, 3.63) is 15.6 Å². The second-order valence-corrected chi connectivity index (χ2v) is 7.99. The number of carbonyl (C=O) groups is 1. The Morgan fingerprint density at radius 1 is 1.32 bits per heavy atom. The molecule has 1 aromatic heterocycles. The largest absolute Gasteiger partial charge is 0.338 e. The maximum Gasteiger partial charge on any atom is 0.265 e. The summed E-state index contributed by atoms with van der Waals surface area (Å²) in [6.07, 6.45) is 7.26. The van der Waals surface area contributed by atoms with E-state index in [0.29, 0.717) is 11.8 Å².